The van der Waals surface area contributed by atoms with Gasteiger partial charge in [-0.1, -0.05) is 18.2 Å². The quantitative estimate of drug-likeness (QED) is 0.732. The van der Waals surface area contributed by atoms with Crippen molar-refractivity contribution in [2.45, 2.75) is 0 Å². The van der Waals surface area contributed by atoms with Gasteiger partial charge >= 0.3 is 0 Å². The molecule has 0 N–H and O–H groups in total. The summed E-state index contributed by atoms with van der Waals surface area (Å²) in [6.45, 7) is 4.80. The van der Waals surface area contributed by atoms with Gasteiger partial charge in [0.1, 0.15) is 11.8 Å². The third kappa shape index (κ3) is 2.55. The highest BCUT2D eigenvalue weighted by atomic mass is 32.2. The summed E-state index contributed by atoms with van der Waals surface area (Å²) in [6, 6.07) is 8.26. The molecular formula is C15H17N5OS. The zero-order valence-corrected chi connectivity index (χ0v) is 13.0. The maximum Gasteiger partial charge on any atom is 0.173 e. The lowest BCUT2D eigenvalue weighted by atomic mass is 10.2. The first-order valence-corrected chi connectivity index (χ1v) is 8.38. The van der Waals surface area contributed by atoms with E-state index < -0.39 is 0 Å². The SMILES string of the molecule is c1ccc2c(c1)c1nncnc1n2SCCN1CCOCC1. The van der Waals surface area contributed by atoms with E-state index in [1.54, 1.807) is 11.9 Å². The van der Waals surface area contributed by atoms with Crippen LogP contribution in [-0.4, -0.2) is 62.7 Å². The van der Waals surface area contributed by atoms with E-state index in [1.807, 2.05) is 12.1 Å². The minimum atomic E-state index is 0.844. The third-order valence-electron chi connectivity index (χ3n) is 3.90. The van der Waals surface area contributed by atoms with Crippen LogP contribution in [0.4, 0.5) is 0 Å². The molecule has 114 valence electrons. The lowest BCUT2D eigenvalue weighted by molar-refractivity contribution is 0.0410. The van der Waals surface area contributed by atoms with Gasteiger partial charge in [-0.25, -0.2) is 4.98 Å². The molecule has 0 amide bonds. The molecule has 3 aromatic rings. The summed E-state index contributed by atoms with van der Waals surface area (Å²) in [5.74, 6) is 1.01. The molecule has 1 aliphatic rings. The molecule has 0 spiro atoms. The topological polar surface area (TPSA) is 56.1 Å². The number of hydrogen-bond donors (Lipinski definition) is 0. The Hall–Kier alpha value is -1.70. The number of hydrogen-bond acceptors (Lipinski definition) is 6. The predicted octanol–water partition coefficient (Wildman–Crippen LogP) is 1.81. The number of rotatable bonds is 4. The first kappa shape index (κ1) is 13.9. The van der Waals surface area contributed by atoms with E-state index in [0.29, 0.717) is 0 Å². The maximum atomic E-state index is 5.39. The van der Waals surface area contributed by atoms with Crippen LogP contribution < -0.4 is 0 Å². The lowest BCUT2D eigenvalue weighted by Crippen LogP contribution is -2.37. The average molecular weight is 315 g/mol. The molecule has 1 saturated heterocycles. The van der Waals surface area contributed by atoms with Crippen LogP contribution >= 0.6 is 11.9 Å². The van der Waals surface area contributed by atoms with Crippen molar-refractivity contribution in [2.75, 3.05) is 38.6 Å². The fourth-order valence-corrected chi connectivity index (χ4v) is 3.85. The molecule has 0 aliphatic carbocycles. The number of para-hydroxylation sites is 1. The van der Waals surface area contributed by atoms with Crippen LogP contribution in [-0.2, 0) is 4.74 Å². The van der Waals surface area contributed by atoms with Crippen LogP contribution in [0.3, 0.4) is 0 Å². The summed E-state index contributed by atoms with van der Waals surface area (Å²) in [5.41, 5.74) is 2.91. The van der Waals surface area contributed by atoms with Gasteiger partial charge in [-0.3, -0.25) is 8.87 Å². The van der Waals surface area contributed by atoms with Crippen molar-refractivity contribution in [2.24, 2.45) is 0 Å². The summed E-state index contributed by atoms with van der Waals surface area (Å²) in [5, 5.41) is 9.29. The highest BCUT2D eigenvalue weighted by Crippen LogP contribution is 2.29. The maximum absolute atomic E-state index is 5.39. The third-order valence-corrected chi connectivity index (χ3v) is 4.90. The molecule has 1 aliphatic heterocycles. The largest absolute Gasteiger partial charge is 0.379 e. The number of aromatic nitrogens is 4. The second-order valence-corrected chi connectivity index (χ2v) is 6.26. The minimum absolute atomic E-state index is 0.844. The van der Waals surface area contributed by atoms with Crippen molar-refractivity contribution < 1.29 is 4.74 Å². The van der Waals surface area contributed by atoms with E-state index in [0.717, 1.165) is 60.7 Å². The van der Waals surface area contributed by atoms with Crippen molar-refractivity contribution in [3.8, 4) is 0 Å². The number of nitrogens with zero attached hydrogens (tertiary/aromatic N) is 5. The van der Waals surface area contributed by atoms with Crippen molar-refractivity contribution in [3.05, 3.63) is 30.6 Å². The molecule has 0 unspecified atom stereocenters. The number of benzene rings is 1. The molecule has 0 saturated carbocycles. The number of ether oxygens (including phenoxy) is 1. The van der Waals surface area contributed by atoms with Gasteiger partial charge in [-0.05, 0) is 18.0 Å². The zero-order chi connectivity index (χ0) is 14.8. The smallest absolute Gasteiger partial charge is 0.173 e. The van der Waals surface area contributed by atoms with E-state index in [2.05, 4.69) is 36.2 Å². The van der Waals surface area contributed by atoms with E-state index in [9.17, 15) is 0 Å². The Morgan fingerprint density at radius 1 is 1.18 bits per heavy atom. The lowest BCUT2D eigenvalue weighted by Gasteiger charge is -2.26. The molecule has 3 heterocycles. The second-order valence-electron chi connectivity index (χ2n) is 5.23. The van der Waals surface area contributed by atoms with Crippen molar-refractivity contribution in [1.82, 2.24) is 24.1 Å². The second kappa shape index (κ2) is 6.20. The molecule has 1 aromatic carbocycles. The molecule has 6 nitrogen and oxygen atoms in total. The summed E-state index contributed by atoms with van der Waals surface area (Å²) < 4.78 is 7.57. The average Bonchev–Trinajstić information content (AvgIpc) is 2.91. The van der Waals surface area contributed by atoms with Gasteiger partial charge in [0.25, 0.3) is 0 Å². The molecule has 0 radical (unpaired) electrons. The first-order valence-electron chi connectivity index (χ1n) is 7.44. The predicted molar refractivity (Wildman–Crippen MR) is 87.9 cm³/mol. The Morgan fingerprint density at radius 3 is 2.95 bits per heavy atom. The van der Waals surface area contributed by atoms with Crippen LogP contribution in [0.2, 0.25) is 0 Å². The standard InChI is InChI=1S/C15H17N5OS/c1-2-4-13-12(3-1)14-15(16-11-17-18-14)20(13)22-10-7-19-5-8-21-9-6-19/h1-4,11H,5-10H2. The van der Waals surface area contributed by atoms with Crippen molar-refractivity contribution >= 4 is 34.0 Å². The van der Waals surface area contributed by atoms with Gasteiger partial charge in [0.2, 0.25) is 0 Å². The monoisotopic (exact) mass is 315 g/mol. The highest BCUT2D eigenvalue weighted by molar-refractivity contribution is 7.98. The van der Waals surface area contributed by atoms with Gasteiger partial charge in [0, 0.05) is 30.8 Å². The molecular weight excluding hydrogens is 298 g/mol. The summed E-state index contributed by atoms with van der Waals surface area (Å²) in [4.78, 5) is 6.86. The summed E-state index contributed by atoms with van der Waals surface area (Å²) in [7, 11) is 0. The molecule has 1 fully saturated rings. The Bertz CT molecular complexity index is 731. The van der Waals surface area contributed by atoms with E-state index >= 15 is 0 Å². The van der Waals surface area contributed by atoms with Crippen molar-refractivity contribution in [3.63, 3.8) is 0 Å². The van der Waals surface area contributed by atoms with E-state index in [1.165, 1.54) is 6.33 Å². The van der Waals surface area contributed by atoms with Crippen LogP contribution in [0.25, 0.3) is 22.1 Å². The number of fused-ring (bicyclic) bond motifs is 3. The summed E-state index contributed by atoms with van der Waals surface area (Å²) >= 11 is 1.78. The summed E-state index contributed by atoms with van der Waals surface area (Å²) in [6.07, 6.45) is 1.51. The van der Waals surface area contributed by atoms with Gasteiger partial charge < -0.3 is 4.74 Å². The van der Waals surface area contributed by atoms with E-state index in [4.69, 9.17) is 4.74 Å². The minimum Gasteiger partial charge on any atom is -0.379 e. The number of morpholine rings is 1. The van der Waals surface area contributed by atoms with Gasteiger partial charge in [0.05, 0.1) is 18.7 Å². The zero-order valence-electron chi connectivity index (χ0n) is 12.2. The van der Waals surface area contributed by atoms with E-state index in [-0.39, 0.29) is 0 Å². The Labute approximate surface area is 132 Å². The molecule has 7 heteroatoms. The first-order chi connectivity index (χ1) is 10.9. The van der Waals surface area contributed by atoms with Crippen LogP contribution in [0, 0.1) is 0 Å². The van der Waals surface area contributed by atoms with Crippen LogP contribution in [0.15, 0.2) is 30.6 Å². The molecule has 22 heavy (non-hydrogen) atoms. The Morgan fingerprint density at radius 2 is 2.05 bits per heavy atom. The van der Waals surface area contributed by atoms with Gasteiger partial charge in [0.15, 0.2) is 5.65 Å². The van der Waals surface area contributed by atoms with Crippen molar-refractivity contribution in [1.29, 1.82) is 0 Å². The van der Waals surface area contributed by atoms with Gasteiger partial charge in [-0.2, -0.15) is 0 Å². The molecule has 0 bridgehead atoms. The molecule has 4 rings (SSSR count). The Kier molecular flexibility index (Phi) is 3.92. The van der Waals surface area contributed by atoms with Gasteiger partial charge in [-0.15, -0.1) is 10.2 Å². The Balaban J connectivity index is 1.59. The fraction of sp³-hybridized carbons (Fsp3) is 0.400. The molecule has 2 aromatic heterocycles. The fourth-order valence-electron chi connectivity index (χ4n) is 2.77. The van der Waals surface area contributed by atoms with Crippen LogP contribution in [0.1, 0.15) is 0 Å². The highest BCUT2D eigenvalue weighted by Gasteiger charge is 2.14. The van der Waals surface area contributed by atoms with Crippen LogP contribution in [0.5, 0.6) is 0 Å². The molecule has 0 atom stereocenters. The normalized spacial score (nSPS) is 16.5.